The molecule has 0 saturated heterocycles. The fraction of sp³-hybridized carbons (Fsp3) is 0.385. The van der Waals surface area contributed by atoms with Crippen molar-refractivity contribution in [1.82, 2.24) is 0 Å². The van der Waals surface area contributed by atoms with Crippen LogP contribution in [-0.2, 0) is 0 Å². The van der Waals surface area contributed by atoms with Gasteiger partial charge in [-0.05, 0) is 53.1 Å². The van der Waals surface area contributed by atoms with Crippen molar-refractivity contribution in [1.29, 1.82) is 0 Å². The quantitative estimate of drug-likeness (QED) is 0.323. The third-order valence-corrected chi connectivity index (χ3v) is 5.45. The molecule has 1 N–H and O–H groups in total. The summed E-state index contributed by atoms with van der Waals surface area (Å²) in [7, 11) is 0. The first-order chi connectivity index (χ1) is 14.6. The fourth-order valence-electron chi connectivity index (χ4n) is 3.67. The molecule has 0 radical (unpaired) electrons. The number of phenolic OH excluding ortho intramolecular Hbond substituents is 1. The van der Waals surface area contributed by atoms with Crippen LogP contribution < -0.4 is 4.74 Å². The van der Waals surface area contributed by atoms with E-state index in [0.717, 1.165) is 22.9 Å². The van der Waals surface area contributed by atoms with E-state index in [1.54, 1.807) is 6.07 Å². The molecular weight excluding hydrogens is 382 g/mol. The summed E-state index contributed by atoms with van der Waals surface area (Å²) in [5.74, 6) is -2.13. The van der Waals surface area contributed by atoms with Gasteiger partial charge in [-0.3, -0.25) is 0 Å². The van der Waals surface area contributed by atoms with Crippen molar-refractivity contribution in [3.8, 4) is 22.6 Å². The zero-order valence-corrected chi connectivity index (χ0v) is 17.6. The van der Waals surface area contributed by atoms with Crippen molar-refractivity contribution in [2.45, 2.75) is 58.3 Å². The topological polar surface area (TPSA) is 29.5 Å². The van der Waals surface area contributed by atoms with E-state index in [-0.39, 0.29) is 5.56 Å². The molecule has 3 aromatic carbocycles. The maximum Gasteiger partial charge on any atom is 0.200 e. The Bertz CT molecular complexity index is 969. The molecule has 160 valence electrons. The van der Waals surface area contributed by atoms with Crippen LogP contribution in [0.25, 0.3) is 21.9 Å². The number of unbranched alkanes of at least 4 members (excludes halogenated alkanes) is 7. The first-order valence-electron chi connectivity index (χ1n) is 10.9. The van der Waals surface area contributed by atoms with E-state index >= 15 is 0 Å². The first-order valence-corrected chi connectivity index (χ1v) is 10.9. The number of phenols is 1. The van der Waals surface area contributed by atoms with Gasteiger partial charge in [0, 0.05) is 5.56 Å². The lowest BCUT2D eigenvalue weighted by molar-refractivity contribution is 0.304. The summed E-state index contributed by atoms with van der Waals surface area (Å²) >= 11 is 0. The molecule has 0 aliphatic rings. The molecule has 0 fully saturated rings. The largest absolute Gasteiger partial charge is 0.505 e. The average Bonchev–Trinajstić information content (AvgIpc) is 2.76. The molecule has 30 heavy (non-hydrogen) atoms. The van der Waals surface area contributed by atoms with E-state index in [4.69, 9.17) is 4.74 Å². The molecule has 0 atom stereocenters. The Morgan fingerprint density at radius 2 is 1.40 bits per heavy atom. The summed E-state index contributed by atoms with van der Waals surface area (Å²) in [6.07, 6.45) is 10.1. The highest BCUT2D eigenvalue weighted by molar-refractivity contribution is 5.88. The Morgan fingerprint density at radius 3 is 2.17 bits per heavy atom. The number of hydrogen-bond donors (Lipinski definition) is 1. The second-order valence-corrected chi connectivity index (χ2v) is 7.81. The Hall–Kier alpha value is -2.62. The zero-order chi connectivity index (χ0) is 21.3. The molecule has 0 bridgehead atoms. The van der Waals surface area contributed by atoms with Crippen molar-refractivity contribution >= 4 is 10.8 Å². The van der Waals surface area contributed by atoms with Crippen LogP contribution in [0.5, 0.6) is 11.5 Å². The molecule has 0 unspecified atom stereocenters. The second kappa shape index (κ2) is 11.0. The van der Waals surface area contributed by atoms with Crippen LogP contribution in [0.15, 0.2) is 48.5 Å². The van der Waals surface area contributed by atoms with E-state index in [1.165, 1.54) is 57.1 Å². The minimum absolute atomic E-state index is 0.127. The van der Waals surface area contributed by atoms with Gasteiger partial charge in [0.2, 0.25) is 5.82 Å². The molecule has 0 aliphatic carbocycles. The highest BCUT2D eigenvalue weighted by Gasteiger charge is 2.14. The van der Waals surface area contributed by atoms with Gasteiger partial charge in [0.05, 0.1) is 6.61 Å². The number of ether oxygens (including phenoxy) is 1. The molecule has 0 saturated carbocycles. The summed E-state index contributed by atoms with van der Waals surface area (Å²) in [6, 6.07) is 13.8. The molecule has 0 aliphatic heterocycles. The highest BCUT2D eigenvalue weighted by atomic mass is 19.2. The molecular formula is C26H30F2O2. The smallest absolute Gasteiger partial charge is 0.200 e. The summed E-state index contributed by atoms with van der Waals surface area (Å²) in [6.45, 7) is 2.94. The monoisotopic (exact) mass is 412 g/mol. The van der Waals surface area contributed by atoms with Gasteiger partial charge in [-0.1, -0.05) is 70.1 Å². The SMILES string of the molecule is CCCCCCCCCCOc1ccc2cc(-c3ccc(O)c(F)c3F)ccc2c1. The number of hydrogen-bond acceptors (Lipinski definition) is 2. The lowest BCUT2D eigenvalue weighted by Gasteiger charge is -2.10. The summed E-state index contributed by atoms with van der Waals surface area (Å²) in [5, 5.41) is 11.2. The van der Waals surface area contributed by atoms with Crippen LogP contribution in [0.2, 0.25) is 0 Å². The van der Waals surface area contributed by atoms with Crippen LogP contribution in [0.4, 0.5) is 8.78 Å². The number of fused-ring (bicyclic) bond motifs is 1. The predicted octanol–water partition coefficient (Wildman–Crippen LogP) is 8.01. The molecule has 0 spiro atoms. The Kier molecular flexibility index (Phi) is 8.06. The van der Waals surface area contributed by atoms with Gasteiger partial charge >= 0.3 is 0 Å². The average molecular weight is 413 g/mol. The maximum atomic E-state index is 14.2. The van der Waals surface area contributed by atoms with E-state index in [9.17, 15) is 13.9 Å². The summed E-state index contributed by atoms with van der Waals surface area (Å²) in [5.41, 5.74) is 0.689. The Morgan fingerprint density at radius 1 is 0.733 bits per heavy atom. The lowest BCUT2D eigenvalue weighted by Crippen LogP contribution is -1.97. The molecule has 3 rings (SSSR count). The predicted molar refractivity (Wildman–Crippen MR) is 119 cm³/mol. The van der Waals surface area contributed by atoms with Gasteiger partial charge in [0.15, 0.2) is 11.6 Å². The number of benzene rings is 3. The molecule has 4 heteroatoms. The van der Waals surface area contributed by atoms with Crippen LogP contribution in [0.1, 0.15) is 58.3 Å². The minimum atomic E-state index is -1.22. The van der Waals surface area contributed by atoms with Crippen LogP contribution in [-0.4, -0.2) is 11.7 Å². The van der Waals surface area contributed by atoms with Gasteiger partial charge in [0.25, 0.3) is 0 Å². The molecule has 3 aromatic rings. The molecule has 0 heterocycles. The van der Waals surface area contributed by atoms with Gasteiger partial charge in [-0.25, -0.2) is 4.39 Å². The number of aromatic hydroxyl groups is 1. The van der Waals surface area contributed by atoms with Crippen molar-refractivity contribution < 1.29 is 18.6 Å². The van der Waals surface area contributed by atoms with Gasteiger partial charge in [-0.15, -0.1) is 0 Å². The zero-order valence-electron chi connectivity index (χ0n) is 17.6. The minimum Gasteiger partial charge on any atom is -0.505 e. The van der Waals surface area contributed by atoms with Crippen LogP contribution in [0, 0.1) is 11.6 Å². The van der Waals surface area contributed by atoms with Crippen molar-refractivity contribution in [3.63, 3.8) is 0 Å². The number of halogens is 2. The van der Waals surface area contributed by atoms with Gasteiger partial charge in [0.1, 0.15) is 5.75 Å². The van der Waals surface area contributed by atoms with Crippen molar-refractivity contribution in [3.05, 3.63) is 60.2 Å². The molecule has 0 aromatic heterocycles. The van der Waals surface area contributed by atoms with Crippen LogP contribution in [0.3, 0.4) is 0 Å². The standard InChI is InChI=1S/C26H30F2O2/c1-2-3-4-5-6-7-8-9-16-30-22-13-12-19-17-21(11-10-20(19)18-22)23-14-15-24(29)26(28)25(23)27/h10-15,17-18,29H,2-9,16H2,1H3. The Labute approximate surface area is 177 Å². The fourth-order valence-corrected chi connectivity index (χ4v) is 3.67. The highest BCUT2D eigenvalue weighted by Crippen LogP contribution is 2.32. The first kappa shape index (κ1) is 22.1. The van der Waals surface area contributed by atoms with E-state index < -0.39 is 17.4 Å². The Balaban J connectivity index is 1.55. The van der Waals surface area contributed by atoms with Crippen LogP contribution >= 0.6 is 0 Å². The molecule has 2 nitrogen and oxygen atoms in total. The third-order valence-electron chi connectivity index (χ3n) is 5.45. The maximum absolute atomic E-state index is 14.2. The van der Waals surface area contributed by atoms with Gasteiger partial charge in [-0.2, -0.15) is 4.39 Å². The van der Waals surface area contributed by atoms with E-state index in [2.05, 4.69) is 6.92 Å². The summed E-state index contributed by atoms with van der Waals surface area (Å²) in [4.78, 5) is 0. The number of rotatable bonds is 11. The van der Waals surface area contributed by atoms with Gasteiger partial charge < -0.3 is 9.84 Å². The second-order valence-electron chi connectivity index (χ2n) is 7.81. The van der Waals surface area contributed by atoms with E-state index in [0.29, 0.717) is 12.2 Å². The third kappa shape index (κ3) is 5.71. The normalized spacial score (nSPS) is 11.2. The van der Waals surface area contributed by atoms with E-state index in [1.807, 2.05) is 30.3 Å². The summed E-state index contributed by atoms with van der Waals surface area (Å²) < 4.78 is 33.7. The van der Waals surface area contributed by atoms with Crippen molar-refractivity contribution in [2.75, 3.05) is 6.61 Å². The lowest BCUT2D eigenvalue weighted by atomic mass is 10.0. The molecule has 0 amide bonds. The van der Waals surface area contributed by atoms with Crippen molar-refractivity contribution in [2.24, 2.45) is 0 Å².